The normalized spacial score (nSPS) is 12.5. The van der Waals surface area contributed by atoms with Crippen LogP contribution >= 0.6 is 0 Å². The van der Waals surface area contributed by atoms with Gasteiger partial charge in [0.05, 0.1) is 19.1 Å². The van der Waals surface area contributed by atoms with E-state index in [-0.39, 0.29) is 12.5 Å². The number of hydrogen-bond donors (Lipinski definition) is 1. The first-order valence-electron chi connectivity index (χ1n) is 12.1. The average molecular weight is 518 g/mol. The Hall–Kier alpha value is -3.07. The fourth-order valence-electron chi connectivity index (χ4n) is 3.85. The second kappa shape index (κ2) is 12.3. The maximum Gasteiger partial charge on any atom is 0.244 e. The van der Waals surface area contributed by atoms with Crippen molar-refractivity contribution < 1.29 is 22.7 Å². The summed E-state index contributed by atoms with van der Waals surface area (Å²) < 4.78 is 31.8. The summed E-state index contributed by atoms with van der Waals surface area (Å²) in [4.78, 5) is 28.4. The Morgan fingerprint density at radius 2 is 1.67 bits per heavy atom. The Labute approximate surface area is 215 Å². The third-order valence-electron chi connectivity index (χ3n) is 5.68. The third-order valence-corrected chi connectivity index (χ3v) is 6.82. The van der Waals surface area contributed by atoms with Crippen molar-refractivity contribution in [2.24, 2.45) is 0 Å². The van der Waals surface area contributed by atoms with Crippen LogP contribution in [0.2, 0.25) is 0 Å². The molecule has 1 atom stereocenters. The molecule has 9 heteroatoms. The molecule has 0 aromatic heterocycles. The fourth-order valence-corrected chi connectivity index (χ4v) is 4.70. The average Bonchev–Trinajstić information content (AvgIpc) is 2.80. The number of hydrogen-bond acceptors (Lipinski definition) is 5. The predicted octanol–water partition coefficient (Wildman–Crippen LogP) is 3.75. The van der Waals surface area contributed by atoms with E-state index in [0.717, 1.165) is 28.1 Å². The van der Waals surface area contributed by atoms with Crippen LogP contribution in [0.25, 0.3) is 0 Å². The van der Waals surface area contributed by atoms with Crippen molar-refractivity contribution in [2.75, 3.05) is 24.2 Å². The summed E-state index contributed by atoms with van der Waals surface area (Å²) in [6, 6.07) is 13.5. The smallest absolute Gasteiger partial charge is 0.244 e. The van der Waals surface area contributed by atoms with Gasteiger partial charge in [0.15, 0.2) is 0 Å². The number of ether oxygens (including phenoxy) is 1. The highest BCUT2D eigenvalue weighted by Crippen LogP contribution is 2.22. The number of nitrogens with one attached hydrogen (secondary N) is 1. The van der Waals surface area contributed by atoms with E-state index in [1.165, 1.54) is 4.90 Å². The lowest BCUT2D eigenvalue weighted by Gasteiger charge is -2.34. The van der Waals surface area contributed by atoms with Gasteiger partial charge in [0.1, 0.15) is 18.3 Å². The van der Waals surface area contributed by atoms with Crippen LogP contribution in [-0.4, -0.2) is 56.6 Å². The lowest BCUT2D eigenvalue weighted by molar-refractivity contribution is -0.141. The number of carbonyl (C=O) groups is 2. The van der Waals surface area contributed by atoms with Crippen LogP contribution in [0, 0.1) is 0 Å². The molecule has 0 aliphatic heterocycles. The number of carbonyl (C=O) groups excluding carboxylic acids is 2. The number of amides is 2. The largest absolute Gasteiger partial charge is 0.497 e. The van der Waals surface area contributed by atoms with Crippen LogP contribution in [0.15, 0.2) is 48.5 Å². The number of aryl methyl sites for hydroxylation is 1. The lowest BCUT2D eigenvalue weighted by Crippen LogP contribution is -2.55. The van der Waals surface area contributed by atoms with E-state index in [4.69, 9.17) is 4.74 Å². The summed E-state index contributed by atoms with van der Waals surface area (Å²) in [7, 11) is -2.21. The molecule has 36 heavy (non-hydrogen) atoms. The van der Waals surface area contributed by atoms with Crippen molar-refractivity contribution in [3.8, 4) is 5.75 Å². The van der Waals surface area contributed by atoms with Crippen LogP contribution in [0.5, 0.6) is 5.75 Å². The van der Waals surface area contributed by atoms with E-state index < -0.39 is 34.1 Å². The van der Waals surface area contributed by atoms with Crippen LogP contribution in [-0.2, 0) is 32.6 Å². The Balaban J connectivity index is 2.46. The molecule has 1 N–H and O–H groups in total. The summed E-state index contributed by atoms with van der Waals surface area (Å²) >= 11 is 0. The topological polar surface area (TPSA) is 96.0 Å². The maximum absolute atomic E-state index is 13.7. The van der Waals surface area contributed by atoms with Gasteiger partial charge in [-0.1, -0.05) is 38.1 Å². The van der Waals surface area contributed by atoms with E-state index in [2.05, 4.69) is 5.32 Å². The first-order valence-corrected chi connectivity index (χ1v) is 13.9. The van der Waals surface area contributed by atoms with Gasteiger partial charge in [0.2, 0.25) is 21.8 Å². The van der Waals surface area contributed by atoms with E-state index in [9.17, 15) is 18.0 Å². The summed E-state index contributed by atoms with van der Waals surface area (Å²) in [5, 5.41) is 2.95. The summed E-state index contributed by atoms with van der Waals surface area (Å²) in [5.41, 5.74) is 1.73. The quantitative estimate of drug-likeness (QED) is 0.490. The maximum atomic E-state index is 13.7. The third kappa shape index (κ3) is 8.26. The number of methoxy groups -OCH3 is 1. The van der Waals surface area contributed by atoms with Gasteiger partial charge >= 0.3 is 0 Å². The zero-order chi connectivity index (χ0) is 27.1. The Kier molecular flexibility index (Phi) is 9.93. The van der Waals surface area contributed by atoms with E-state index in [1.54, 1.807) is 31.4 Å². The van der Waals surface area contributed by atoms with Crippen molar-refractivity contribution in [3.63, 3.8) is 0 Å². The van der Waals surface area contributed by atoms with Gasteiger partial charge in [-0.25, -0.2) is 8.42 Å². The summed E-state index contributed by atoms with van der Waals surface area (Å²) in [5.74, 6) is -0.140. The molecule has 8 nitrogen and oxygen atoms in total. The molecular formula is C27H39N3O5S. The van der Waals surface area contributed by atoms with Crippen molar-refractivity contribution in [1.82, 2.24) is 10.2 Å². The van der Waals surface area contributed by atoms with Crippen LogP contribution in [0.4, 0.5) is 5.69 Å². The number of anilines is 1. The molecule has 2 aromatic rings. The second-order valence-corrected chi connectivity index (χ2v) is 11.7. The van der Waals surface area contributed by atoms with Crippen molar-refractivity contribution in [1.29, 1.82) is 0 Å². The van der Waals surface area contributed by atoms with Crippen molar-refractivity contribution in [3.05, 3.63) is 59.7 Å². The van der Waals surface area contributed by atoms with Gasteiger partial charge in [0, 0.05) is 12.1 Å². The highest BCUT2D eigenvalue weighted by molar-refractivity contribution is 7.92. The van der Waals surface area contributed by atoms with E-state index in [0.29, 0.717) is 17.9 Å². The van der Waals surface area contributed by atoms with Crippen molar-refractivity contribution >= 4 is 27.5 Å². The van der Waals surface area contributed by atoms with E-state index >= 15 is 0 Å². The van der Waals surface area contributed by atoms with Gasteiger partial charge in [-0.15, -0.1) is 0 Å². The number of sulfonamides is 1. The summed E-state index contributed by atoms with van der Waals surface area (Å²) in [6.45, 7) is 9.16. The Bertz CT molecular complexity index is 1140. The molecule has 2 amide bonds. The minimum absolute atomic E-state index is 0.123. The highest BCUT2D eigenvalue weighted by atomic mass is 32.2. The van der Waals surface area contributed by atoms with Crippen LogP contribution in [0.1, 0.15) is 52.2 Å². The molecule has 0 fully saturated rings. The molecule has 0 spiro atoms. The molecule has 0 aliphatic carbocycles. The summed E-state index contributed by atoms with van der Waals surface area (Å²) in [6.07, 6.45) is 2.25. The Morgan fingerprint density at radius 3 is 2.17 bits per heavy atom. The molecule has 0 heterocycles. The SMILES string of the molecule is CCc1ccc(N(CC(=O)N(Cc2cccc(OC)c2)[C@H](CC)C(=O)NC(C)(C)C)S(C)(=O)=O)cc1. The van der Waals surface area contributed by atoms with Crippen molar-refractivity contribution in [2.45, 2.75) is 65.6 Å². The molecular weight excluding hydrogens is 478 g/mol. The molecule has 0 aliphatic rings. The highest BCUT2D eigenvalue weighted by Gasteiger charge is 2.33. The first kappa shape index (κ1) is 29.2. The van der Waals surface area contributed by atoms with Crippen LogP contribution < -0.4 is 14.4 Å². The monoisotopic (exact) mass is 517 g/mol. The number of benzene rings is 2. The zero-order valence-electron chi connectivity index (χ0n) is 22.4. The minimum atomic E-state index is -3.77. The predicted molar refractivity (Wildman–Crippen MR) is 144 cm³/mol. The van der Waals surface area contributed by atoms with Gasteiger partial charge in [-0.05, 0) is 69.0 Å². The number of nitrogens with zero attached hydrogens (tertiary/aromatic N) is 2. The molecule has 2 rings (SSSR count). The fraction of sp³-hybridized carbons (Fsp3) is 0.481. The molecule has 0 unspecified atom stereocenters. The van der Waals surface area contributed by atoms with Gasteiger partial charge in [-0.3, -0.25) is 13.9 Å². The van der Waals surface area contributed by atoms with Gasteiger partial charge in [0.25, 0.3) is 0 Å². The standard InChI is InChI=1S/C27H39N3O5S/c1-8-20-13-15-22(16-14-20)30(36(7,33)34)19-25(31)29(18-21-11-10-12-23(17-21)35-6)24(9-2)26(32)28-27(3,4)5/h10-17,24H,8-9,18-19H2,1-7H3,(H,28,32)/t24-/m1/s1. The molecule has 0 saturated carbocycles. The van der Waals surface area contributed by atoms with Gasteiger partial charge < -0.3 is 15.0 Å². The molecule has 198 valence electrons. The molecule has 2 aromatic carbocycles. The second-order valence-electron chi connectivity index (χ2n) is 9.83. The molecule has 0 bridgehead atoms. The molecule has 0 radical (unpaired) electrons. The molecule has 0 saturated heterocycles. The number of rotatable bonds is 11. The van der Waals surface area contributed by atoms with Gasteiger partial charge in [-0.2, -0.15) is 0 Å². The van der Waals surface area contributed by atoms with Crippen LogP contribution in [0.3, 0.4) is 0 Å². The zero-order valence-corrected chi connectivity index (χ0v) is 23.2. The minimum Gasteiger partial charge on any atom is -0.497 e. The lowest BCUT2D eigenvalue weighted by atomic mass is 10.1. The first-order chi connectivity index (χ1) is 16.8. The Morgan fingerprint density at radius 1 is 1.03 bits per heavy atom. The van der Waals surface area contributed by atoms with E-state index in [1.807, 2.05) is 58.9 Å².